The first kappa shape index (κ1) is 17.2. The van der Waals surface area contributed by atoms with Crippen molar-refractivity contribution >= 4 is 11.8 Å². The molecule has 0 spiro atoms. The van der Waals surface area contributed by atoms with E-state index >= 15 is 0 Å². The van der Waals surface area contributed by atoms with Crippen LogP contribution in [0.15, 0.2) is 48.5 Å². The first-order chi connectivity index (χ1) is 12.1. The number of carbonyl (C=O) groups is 2. The zero-order valence-electron chi connectivity index (χ0n) is 14.3. The third kappa shape index (κ3) is 4.25. The Bertz CT molecular complexity index is 750. The molecule has 0 saturated heterocycles. The standard InChI is InChI=1S/C20H22N2O3/c1-25-13-15-4-8-17(9-5-15)20(24)22(18-10-11-18)12-14-2-6-16(7-3-14)19(21)23/h2-9,18H,10-13H2,1H3,(H2,21,23). The lowest BCUT2D eigenvalue weighted by Crippen LogP contribution is -2.32. The van der Waals surface area contributed by atoms with Crippen molar-refractivity contribution in [2.24, 2.45) is 5.73 Å². The van der Waals surface area contributed by atoms with Gasteiger partial charge in [-0.15, -0.1) is 0 Å². The van der Waals surface area contributed by atoms with Crippen LogP contribution in [0.5, 0.6) is 0 Å². The third-order valence-electron chi connectivity index (χ3n) is 4.35. The van der Waals surface area contributed by atoms with Crippen molar-refractivity contribution < 1.29 is 14.3 Å². The zero-order chi connectivity index (χ0) is 17.8. The van der Waals surface area contributed by atoms with E-state index < -0.39 is 5.91 Å². The molecule has 0 aliphatic heterocycles. The normalized spacial score (nSPS) is 13.5. The third-order valence-corrected chi connectivity index (χ3v) is 4.35. The van der Waals surface area contributed by atoms with Crippen LogP contribution >= 0.6 is 0 Å². The van der Waals surface area contributed by atoms with Gasteiger partial charge in [0.05, 0.1) is 6.61 Å². The summed E-state index contributed by atoms with van der Waals surface area (Å²) in [5.74, 6) is -0.414. The lowest BCUT2D eigenvalue weighted by Gasteiger charge is -2.23. The van der Waals surface area contributed by atoms with E-state index in [2.05, 4.69) is 0 Å². The van der Waals surface area contributed by atoms with Gasteiger partial charge in [-0.1, -0.05) is 24.3 Å². The highest BCUT2D eigenvalue weighted by atomic mass is 16.5. The molecule has 5 heteroatoms. The number of amides is 2. The molecule has 2 aromatic carbocycles. The Morgan fingerprint density at radius 1 is 1.00 bits per heavy atom. The fourth-order valence-corrected chi connectivity index (χ4v) is 2.80. The summed E-state index contributed by atoms with van der Waals surface area (Å²) in [5.41, 5.74) is 8.45. The van der Waals surface area contributed by atoms with E-state index in [4.69, 9.17) is 10.5 Å². The van der Waals surface area contributed by atoms with Crippen LogP contribution in [0.2, 0.25) is 0 Å². The molecule has 5 nitrogen and oxygen atoms in total. The molecule has 0 atom stereocenters. The average molecular weight is 338 g/mol. The van der Waals surface area contributed by atoms with Gasteiger partial charge >= 0.3 is 0 Å². The number of ether oxygens (including phenoxy) is 1. The number of primary amides is 1. The van der Waals surface area contributed by atoms with Crippen LogP contribution in [0, 0.1) is 0 Å². The van der Waals surface area contributed by atoms with Crippen molar-refractivity contribution in [1.82, 2.24) is 4.90 Å². The minimum atomic E-state index is -0.446. The van der Waals surface area contributed by atoms with Gasteiger partial charge in [0, 0.05) is 30.8 Å². The lowest BCUT2D eigenvalue weighted by molar-refractivity contribution is 0.0729. The minimum absolute atomic E-state index is 0.0328. The van der Waals surface area contributed by atoms with Gasteiger partial charge in [0.2, 0.25) is 5.91 Å². The molecule has 1 saturated carbocycles. The zero-order valence-corrected chi connectivity index (χ0v) is 14.3. The molecule has 0 unspecified atom stereocenters. The molecule has 0 radical (unpaired) electrons. The maximum atomic E-state index is 12.9. The molecular formula is C20H22N2O3. The van der Waals surface area contributed by atoms with Gasteiger partial charge < -0.3 is 15.4 Å². The second-order valence-corrected chi connectivity index (χ2v) is 6.36. The highest BCUT2D eigenvalue weighted by molar-refractivity contribution is 5.95. The monoisotopic (exact) mass is 338 g/mol. The number of rotatable bonds is 7. The summed E-state index contributed by atoms with van der Waals surface area (Å²) >= 11 is 0. The molecule has 0 bridgehead atoms. The summed E-state index contributed by atoms with van der Waals surface area (Å²) in [6, 6.07) is 14.9. The first-order valence-electron chi connectivity index (χ1n) is 8.36. The van der Waals surface area contributed by atoms with Crippen LogP contribution in [0.4, 0.5) is 0 Å². The van der Waals surface area contributed by atoms with Gasteiger partial charge in [0.1, 0.15) is 0 Å². The molecule has 25 heavy (non-hydrogen) atoms. The Hall–Kier alpha value is -2.66. The molecule has 2 aromatic rings. The van der Waals surface area contributed by atoms with Crippen molar-refractivity contribution in [2.75, 3.05) is 7.11 Å². The number of methoxy groups -OCH3 is 1. The number of benzene rings is 2. The quantitative estimate of drug-likeness (QED) is 0.844. The number of hydrogen-bond donors (Lipinski definition) is 1. The van der Waals surface area contributed by atoms with E-state index in [1.54, 1.807) is 19.2 Å². The summed E-state index contributed by atoms with van der Waals surface area (Å²) in [6.07, 6.45) is 2.07. The smallest absolute Gasteiger partial charge is 0.254 e. The minimum Gasteiger partial charge on any atom is -0.380 e. The van der Waals surface area contributed by atoms with Crippen molar-refractivity contribution in [3.8, 4) is 0 Å². The topological polar surface area (TPSA) is 72.6 Å². The van der Waals surface area contributed by atoms with Crippen molar-refractivity contribution in [1.29, 1.82) is 0 Å². The van der Waals surface area contributed by atoms with Crippen LogP contribution in [-0.4, -0.2) is 29.9 Å². The largest absolute Gasteiger partial charge is 0.380 e. The summed E-state index contributed by atoms with van der Waals surface area (Å²) in [5, 5.41) is 0. The molecule has 3 rings (SSSR count). The van der Waals surface area contributed by atoms with Crippen LogP contribution in [0.25, 0.3) is 0 Å². The fourth-order valence-electron chi connectivity index (χ4n) is 2.80. The predicted octanol–water partition coefficient (Wildman–Crippen LogP) is 2.74. The van der Waals surface area contributed by atoms with Gasteiger partial charge in [-0.25, -0.2) is 0 Å². The van der Waals surface area contributed by atoms with E-state index in [0.29, 0.717) is 30.3 Å². The van der Waals surface area contributed by atoms with E-state index in [0.717, 1.165) is 24.0 Å². The summed E-state index contributed by atoms with van der Waals surface area (Å²) in [6.45, 7) is 1.06. The van der Waals surface area contributed by atoms with E-state index in [-0.39, 0.29) is 5.91 Å². The van der Waals surface area contributed by atoms with Crippen LogP contribution in [0.3, 0.4) is 0 Å². The van der Waals surface area contributed by atoms with Crippen LogP contribution in [0.1, 0.15) is 44.7 Å². The average Bonchev–Trinajstić information content (AvgIpc) is 3.45. The Labute approximate surface area is 147 Å². The Balaban J connectivity index is 1.74. The van der Waals surface area contributed by atoms with Gasteiger partial charge in [-0.05, 0) is 48.2 Å². The van der Waals surface area contributed by atoms with Gasteiger partial charge in [0.25, 0.3) is 5.91 Å². The Morgan fingerprint density at radius 2 is 1.56 bits per heavy atom. The highest BCUT2D eigenvalue weighted by Gasteiger charge is 2.33. The Kier molecular flexibility index (Phi) is 5.14. The van der Waals surface area contributed by atoms with Crippen LogP contribution < -0.4 is 5.73 Å². The lowest BCUT2D eigenvalue weighted by atomic mass is 10.1. The molecule has 0 heterocycles. The fraction of sp³-hybridized carbons (Fsp3) is 0.300. The summed E-state index contributed by atoms with van der Waals surface area (Å²) in [7, 11) is 1.65. The van der Waals surface area contributed by atoms with Gasteiger partial charge in [-0.3, -0.25) is 9.59 Å². The number of nitrogens with zero attached hydrogens (tertiary/aromatic N) is 1. The number of carbonyl (C=O) groups excluding carboxylic acids is 2. The SMILES string of the molecule is COCc1ccc(C(=O)N(Cc2ccc(C(N)=O)cc2)C2CC2)cc1. The molecule has 1 aliphatic rings. The molecule has 1 fully saturated rings. The number of hydrogen-bond acceptors (Lipinski definition) is 3. The van der Waals surface area contributed by atoms with Gasteiger partial charge in [-0.2, -0.15) is 0 Å². The van der Waals surface area contributed by atoms with Crippen molar-refractivity contribution in [2.45, 2.75) is 32.0 Å². The first-order valence-corrected chi connectivity index (χ1v) is 8.36. The van der Waals surface area contributed by atoms with E-state index in [9.17, 15) is 9.59 Å². The summed E-state index contributed by atoms with van der Waals surface area (Å²) < 4.78 is 5.10. The molecular weight excluding hydrogens is 316 g/mol. The summed E-state index contributed by atoms with van der Waals surface area (Å²) in [4.78, 5) is 26.0. The van der Waals surface area contributed by atoms with Gasteiger partial charge in [0.15, 0.2) is 0 Å². The van der Waals surface area contributed by atoms with Crippen molar-refractivity contribution in [3.63, 3.8) is 0 Å². The molecule has 1 aliphatic carbocycles. The van der Waals surface area contributed by atoms with E-state index in [1.807, 2.05) is 41.3 Å². The number of nitrogens with two attached hydrogens (primary N) is 1. The maximum Gasteiger partial charge on any atom is 0.254 e. The molecule has 130 valence electrons. The maximum absolute atomic E-state index is 12.9. The van der Waals surface area contributed by atoms with Crippen LogP contribution in [-0.2, 0) is 17.9 Å². The molecule has 2 amide bonds. The predicted molar refractivity (Wildman–Crippen MR) is 95.0 cm³/mol. The molecule has 2 N–H and O–H groups in total. The highest BCUT2D eigenvalue weighted by Crippen LogP contribution is 2.30. The second-order valence-electron chi connectivity index (χ2n) is 6.36. The van der Waals surface area contributed by atoms with E-state index in [1.165, 1.54) is 0 Å². The molecule has 0 aromatic heterocycles. The second kappa shape index (κ2) is 7.49. The Morgan fingerprint density at radius 3 is 2.08 bits per heavy atom. The van der Waals surface area contributed by atoms with Crippen molar-refractivity contribution in [3.05, 3.63) is 70.8 Å².